The van der Waals surface area contributed by atoms with Crippen molar-refractivity contribution in [1.29, 1.82) is 0 Å². The third-order valence-corrected chi connectivity index (χ3v) is 4.32. The molecule has 0 unspecified atom stereocenters. The molecule has 27 heavy (non-hydrogen) atoms. The summed E-state index contributed by atoms with van der Waals surface area (Å²) in [5.41, 5.74) is 0.893. The summed E-state index contributed by atoms with van der Waals surface area (Å²) in [7, 11) is 0. The Kier molecular flexibility index (Phi) is 4.73. The fraction of sp³-hybridized carbons (Fsp3) is 0.200. The minimum absolute atomic E-state index is 0.0127. The topological polar surface area (TPSA) is 75.0 Å². The number of Topliss-reactive ketones (excluding diaryl/α,β-unsaturated/α-hetero) is 1. The zero-order chi connectivity index (χ0) is 18.8. The maximum Gasteiger partial charge on any atom is 0.374 e. The molecule has 1 aromatic heterocycles. The Morgan fingerprint density at radius 3 is 2.67 bits per heavy atom. The van der Waals surface area contributed by atoms with Crippen LogP contribution in [0.2, 0.25) is 5.02 Å². The van der Waals surface area contributed by atoms with Crippen LogP contribution in [0.25, 0.3) is 11.0 Å². The predicted octanol–water partition coefficient (Wildman–Crippen LogP) is 4.29. The Labute approximate surface area is 159 Å². The second-order valence-corrected chi connectivity index (χ2v) is 6.44. The number of halogens is 1. The minimum atomic E-state index is -0.718. The van der Waals surface area contributed by atoms with Gasteiger partial charge in [0, 0.05) is 22.4 Å². The summed E-state index contributed by atoms with van der Waals surface area (Å²) in [6.45, 7) is 0.687. The van der Waals surface area contributed by atoms with E-state index >= 15 is 0 Å². The molecule has 1 aliphatic heterocycles. The van der Waals surface area contributed by atoms with Crippen LogP contribution in [-0.4, -0.2) is 31.6 Å². The molecule has 0 aliphatic carbocycles. The van der Waals surface area contributed by atoms with Crippen molar-refractivity contribution in [3.05, 3.63) is 58.8 Å². The smallest absolute Gasteiger partial charge is 0.374 e. The molecule has 0 fully saturated rings. The van der Waals surface area contributed by atoms with Gasteiger partial charge in [0.15, 0.2) is 23.9 Å². The van der Waals surface area contributed by atoms with Gasteiger partial charge in [-0.05, 0) is 42.5 Å². The van der Waals surface area contributed by atoms with Gasteiger partial charge in [-0.2, -0.15) is 0 Å². The third-order valence-electron chi connectivity index (χ3n) is 4.08. The normalized spacial score (nSPS) is 13.2. The first-order valence-electron chi connectivity index (χ1n) is 8.39. The van der Waals surface area contributed by atoms with Crippen LogP contribution < -0.4 is 9.47 Å². The molecule has 0 radical (unpaired) electrons. The fourth-order valence-corrected chi connectivity index (χ4v) is 2.92. The quantitative estimate of drug-likeness (QED) is 0.492. The molecule has 0 saturated carbocycles. The number of esters is 1. The molecule has 0 bridgehead atoms. The van der Waals surface area contributed by atoms with E-state index in [9.17, 15) is 9.59 Å². The van der Waals surface area contributed by atoms with Crippen LogP contribution in [-0.2, 0) is 4.74 Å². The highest BCUT2D eigenvalue weighted by molar-refractivity contribution is 6.31. The Morgan fingerprint density at radius 1 is 1.00 bits per heavy atom. The van der Waals surface area contributed by atoms with Crippen molar-refractivity contribution in [1.82, 2.24) is 0 Å². The van der Waals surface area contributed by atoms with Gasteiger partial charge < -0.3 is 18.6 Å². The SMILES string of the molecule is O=C(COC(=O)c1cc2cc(Cl)ccc2o1)c1ccc2c(c1)OCCCO2. The number of fused-ring (bicyclic) bond motifs is 2. The first-order chi connectivity index (χ1) is 13.1. The molecule has 0 amide bonds. The predicted molar refractivity (Wildman–Crippen MR) is 97.9 cm³/mol. The Bertz CT molecular complexity index is 1020. The molecule has 2 aromatic carbocycles. The number of ether oxygens (including phenoxy) is 3. The molecule has 0 spiro atoms. The molecule has 0 saturated heterocycles. The van der Waals surface area contributed by atoms with Crippen molar-refractivity contribution in [3.63, 3.8) is 0 Å². The zero-order valence-electron chi connectivity index (χ0n) is 14.2. The van der Waals surface area contributed by atoms with Crippen molar-refractivity contribution in [2.75, 3.05) is 19.8 Å². The highest BCUT2D eigenvalue weighted by atomic mass is 35.5. The van der Waals surface area contributed by atoms with Crippen molar-refractivity contribution < 1.29 is 28.2 Å². The molecule has 7 heteroatoms. The summed E-state index contributed by atoms with van der Waals surface area (Å²) in [5.74, 6) is 0.0581. The molecular weight excluding hydrogens is 372 g/mol. The van der Waals surface area contributed by atoms with Crippen molar-refractivity contribution >= 4 is 34.3 Å². The van der Waals surface area contributed by atoms with Crippen molar-refractivity contribution in [2.45, 2.75) is 6.42 Å². The van der Waals surface area contributed by atoms with Crippen molar-refractivity contribution in [3.8, 4) is 11.5 Å². The summed E-state index contributed by atoms with van der Waals surface area (Å²) in [5, 5.41) is 1.22. The Balaban J connectivity index is 1.43. The number of rotatable bonds is 4. The average Bonchev–Trinajstić information content (AvgIpc) is 2.94. The van der Waals surface area contributed by atoms with Crippen molar-refractivity contribution in [2.24, 2.45) is 0 Å². The van der Waals surface area contributed by atoms with Gasteiger partial charge in [0.25, 0.3) is 0 Å². The average molecular weight is 387 g/mol. The van der Waals surface area contributed by atoms with Crippen LogP contribution in [0.1, 0.15) is 27.3 Å². The van der Waals surface area contributed by atoms with Gasteiger partial charge in [-0.3, -0.25) is 4.79 Å². The molecule has 0 N–H and O–H groups in total. The molecule has 6 nitrogen and oxygen atoms in total. The molecule has 4 rings (SSSR count). The second-order valence-electron chi connectivity index (χ2n) is 6.00. The summed E-state index contributed by atoms with van der Waals surface area (Å²) >= 11 is 5.92. The standard InChI is InChI=1S/C20H15ClO6/c21-14-3-5-16-13(8-14)10-19(27-16)20(23)26-11-15(22)12-2-4-17-18(9-12)25-7-1-6-24-17/h2-5,8-10H,1,6-7,11H2. The van der Waals surface area contributed by atoms with Gasteiger partial charge in [-0.1, -0.05) is 11.6 Å². The lowest BCUT2D eigenvalue weighted by Crippen LogP contribution is -2.14. The molecule has 3 aromatic rings. The summed E-state index contributed by atoms with van der Waals surface area (Å²) < 4.78 is 21.6. The molecule has 138 valence electrons. The van der Waals surface area contributed by atoms with Gasteiger partial charge in [0.2, 0.25) is 5.76 Å². The maximum absolute atomic E-state index is 12.3. The lowest BCUT2D eigenvalue weighted by molar-refractivity contribution is 0.0446. The van der Waals surface area contributed by atoms with E-state index in [1.807, 2.05) is 0 Å². The van der Waals surface area contributed by atoms with Gasteiger partial charge in [-0.25, -0.2) is 4.79 Å². The van der Waals surface area contributed by atoms with Crippen LogP contribution in [0.5, 0.6) is 11.5 Å². The summed E-state index contributed by atoms with van der Waals surface area (Å²) in [4.78, 5) is 24.5. The van der Waals surface area contributed by atoms with Crippen LogP contribution in [0, 0.1) is 0 Å². The monoisotopic (exact) mass is 386 g/mol. The lowest BCUT2D eigenvalue weighted by Gasteiger charge is -2.09. The van der Waals surface area contributed by atoms with Gasteiger partial charge in [0.05, 0.1) is 13.2 Å². The van der Waals surface area contributed by atoms with E-state index in [1.165, 1.54) is 6.07 Å². The molecule has 2 heterocycles. The fourth-order valence-electron chi connectivity index (χ4n) is 2.74. The van der Waals surface area contributed by atoms with E-state index in [4.69, 9.17) is 30.2 Å². The first kappa shape index (κ1) is 17.4. The molecule has 0 atom stereocenters. The Hall–Kier alpha value is -2.99. The minimum Gasteiger partial charge on any atom is -0.490 e. The van der Waals surface area contributed by atoms with E-state index in [-0.39, 0.29) is 11.5 Å². The van der Waals surface area contributed by atoms with E-state index < -0.39 is 12.6 Å². The first-order valence-corrected chi connectivity index (χ1v) is 8.77. The van der Waals surface area contributed by atoms with Gasteiger partial charge in [-0.15, -0.1) is 0 Å². The number of carbonyl (C=O) groups is 2. The van der Waals surface area contributed by atoms with Crippen LogP contribution >= 0.6 is 11.6 Å². The van der Waals surface area contributed by atoms with E-state index in [2.05, 4.69) is 0 Å². The van der Waals surface area contributed by atoms with E-state index in [0.717, 1.165) is 6.42 Å². The number of furan rings is 1. The molecule has 1 aliphatic rings. The number of carbonyl (C=O) groups excluding carboxylic acids is 2. The van der Waals surface area contributed by atoms with Crippen LogP contribution in [0.4, 0.5) is 0 Å². The number of hydrogen-bond acceptors (Lipinski definition) is 6. The summed E-state index contributed by atoms with van der Waals surface area (Å²) in [6.07, 6.45) is 0.776. The van der Waals surface area contributed by atoms with Crippen LogP contribution in [0.3, 0.4) is 0 Å². The summed E-state index contributed by atoms with van der Waals surface area (Å²) in [6, 6.07) is 11.4. The highest BCUT2D eigenvalue weighted by Crippen LogP contribution is 2.30. The zero-order valence-corrected chi connectivity index (χ0v) is 15.0. The second kappa shape index (κ2) is 7.32. The van der Waals surface area contributed by atoms with E-state index in [1.54, 1.807) is 36.4 Å². The number of benzene rings is 2. The Morgan fingerprint density at radius 2 is 1.81 bits per heavy atom. The number of ketones is 1. The highest BCUT2D eigenvalue weighted by Gasteiger charge is 2.18. The molecular formula is C20H15ClO6. The van der Waals surface area contributed by atoms with Crippen LogP contribution in [0.15, 0.2) is 46.9 Å². The maximum atomic E-state index is 12.3. The van der Waals surface area contributed by atoms with Gasteiger partial charge >= 0.3 is 5.97 Å². The van der Waals surface area contributed by atoms with Gasteiger partial charge in [0.1, 0.15) is 5.58 Å². The third kappa shape index (κ3) is 3.75. The largest absolute Gasteiger partial charge is 0.490 e. The lowest BCUT2D eigenvalue weighted by atomic mass is 10.1. The number of hydrogen-bond donors (Lipinski definition) is 0. The van der Waals surface area contributed by atoms with E-state index in [0.29, 0.717) is 46.3 Å².